The highest BCUT2D eigenvalue weighted by Gasteiger charge is 2.31. The van der Waals surface area contributed by atoms with Crippen LogP contribution in [0.1, 0.15) is 11.3 Å². The summed E-state index contributed by atoms with van der Waals surface area (Å²) in [7, 11) is 0. The minimum Gasteiger partial charge on any atom is -0.369 e. The minimum absolute atomic E-state index is 0.594. The molecule has 2 aromatic carbocycles. The maximum atomic E-state index is 12.9. The summed E-state index contributed by atoms with van der Waals surface area (Å²) >= 11 is 1.64. The van der Waals surface area contributed by atoms with Crippen LogP contribution in [0.3, 0.4) is 0 Å². The van der Waals surface area contributed by atoms with Crippen LogP contribution in [0.25, 0.3) is 10.6 Å². The fourth-order valence-electron chi connectivity index (χ4n) is 3.37. The van der Waals surface area contributed by atoms with Gasteiger partial charge in [-0.05, 0) is 18.2 Å². The summed E-state index contributed by atoms with van der Waals surface area (Å²) in [6.07, 6.45) is -4.31. The highest BCUT2D eigenvalue weighted by molar-refractivity contribution is 7.13. The Bertz CT molecular complexity index is 916. The van der Waals surface area contributed by atoms with Gasteiger partial charge in [-0.3, -0.25) is 4.90 Å². The van der Waals surface area contributed by atoms with Crippen molar-refractivity contribution in [2.24, 2.45) is 0 Å². The molecule has 7 heteroatoms. The van der Waals surface area contributed by atoms with Crippen LogP contribution in [0.4, 0.5) is 18.9 Å². The molecular formula is C21H20F3N3S. The summed E-state index contributed by atoms with van der Waals surface area (Å²) in [5.41, 5.74) is 2.20. The third-order valence-corrected chi connectivity index (χ3v) is 5.81. The van der Waals surface area contributed by atoms with Crippen LogP contribution < -0.4 is 4.90 Å². The van der Waals surface area contributed by atoms with E-state index in [1.54, 1.807) is 17.4 Å². The molecule has 0 saturated carbocycles. The Labute approximate surface area is 166 Å². The predicted octanol–water partition coefficient (Wildman–Crippen LogP) is 5.15. The number of rotatable bonds is 4. The first kappa shape index (κ1) is 19.0. The average molecular weight is 403 g/mol. The van der Waals surface area contributed by atoms with Crippen LogP contribution in [0.15, 0.2) is 60.0 Å². The van der Waals surface area contributed by atoms with Gasteiger partial charge >= 0.3 is 6.18 Å². The van der Waals surface area contributed by atoms with Crippen molar-refractivity contribution in [2.45, 2.75) is 12.7 Å². The van der Waals surface area contributed by atoms with Crippen LogP contribution in [-0.4, -0.2) is 36.1 Å². The molecule has 0 spiro atoms. The summed E-state index contributed by atoms with van der Waals surface area (Å²) in [4.78, 5) is 9.04. The van der Waals surface area contributed by atoms with Crippen LogP contribution in [0.2, 0.25) is 0 Å². The van der Waals surface area contributed by atoms with Gasteiger partial charge in [-0.25, -0.2) is 4.98 Å². The number of anilines is 1. The molecule has 1 saturated heterocycles. The van der Waals surface area contributed by atoms with Crippen molar-refractivity contribution in [2.75, 3.05) is 31.1 Å². The summed E-state index contributed by atoms with van der Waals surface area (Å²) < 4.78 is 38.8. The van der Waals surface area contributed by atoms with Gasteiger partial charge in [0.15, 0.2) is 0 Å². The Morgan fingerprint density at radius 2 is 1.68 bits per heavy atom. The quantitative estimate of drug-likeness (QED) is 0.601. The lowest BCUT2D eigenvalue weighted by molar-refractivity contribution is -0.137. The van der Waals surface area contributed by atoms with E-state index in [2.05, 4.69) is 22.4 Å². The molecule has 1 aliphatic rings. The lowest BCUT2D eigenvalue weighted by Gasteiger charge is -2.36. The largest absolute Gasteiger partial charge is 0.416 e. The number of alkyl halides is 3. The van der Waals surface area contributed by atoms with E-state index in [4.69, 9.17) is 4.98 Å². The number of piperazine rings is 1. The van der Waals surface area contributed by atoms with Gasteiger partial charge in [-0.2, -0.15) is 13.2 Å². The van der Waals surface area contributed by atoms with E-state index in [0.29, 0.717) is 18.8 Å². The summed E-state index contributed by atoms with van der Waals surface area (Å²) in [5, 5.41) is 3.10. The molecule has 1 fully saturated rings. The molecule has 1 aliphatic heterocycles. The number of halogens is 3. The Hall–Kier alpha value is -2.38. The molecule has 3 aromatic rings. The molecule has 2 heterocycles. The number of nitrogens with zero attached hydrogens (tertiary/aromatic N) is 3. The van der Waals surface area contributed by atoms with Gasteiger partial charge in [0, 0.05) is 49.4 Å². The van der Waals surface area contributed by atoms with E-state index in [9.17, 15) is 13.2 Å². The van der Waals surface area contributed by atoms with Crippen molar-refractivity contribution < 1.29 is 13.2 Å². The maximum Gasteiger partial charge on any atom is 0.416 e. The van der Waals surface area contributed by atoms with Crippen LogP contribution in [0, 0.1) is 0 Å². The number of hydrogen-bond donors (Lipinski definition) is 0. The van der Waals surface area contributed by atoms with Crippen LogP contribution in [0.5, 0.6) is 0 Å². The predicted molar refractivity (Wildman–Crippen MR) is 106 cm³/mol. The second kappa shape index (κ2) is 7.93. The van der Waals surface area contributed by atoms with E-state index in [0.717, 1.165) is 42.0 Å². The molecule has 0 aliphatic carbocycles. The van der Waals surface area contributed by atoms with Crippen molar-refractivity contribution in [3.05, 3.63) is 71.2 Å². The van der Waals surface area contributed by atoms with Crippen molar-refractivity contribution >= 4 is 17.0 Å². The van der Waals surface area contributed by atoms with Crippen molar-refractivity contribution in [1.29, 1.82) is 0 Å². The minimum atomic E-state index is -4.31. The molecule has 28 heavy (non-hydrogen) atoms. The lowest BCUT2D eigenvalue weighted by atomic mass is 10.1. The number of benzene rings is 2. The SMILES string of the molecule is FC(F)(F)c1cccc(N2CCN(Cc3csc(-c4ccccc4)n3)CC2)c1. The Morgan fingerprint density at radius 3 is 2.39 bits per heavy atom. The Kier molecular flexibility index (Phi) is 5.37. The first-order valence-electron chi connectivity index (χ1n) is 9.13. The highest BCUT2D eigenvalue weighted by Crippen LogP contribution is 2.32. The molecule has 3 nitrogen and oxygen atoms in total. The van der Waals surface area contributed by atoms with Crippen LogP contribution >= 0.6 is 11.3 Å². The van der Waals surface area contributed by atoms with Gasteiger partial charge in [-0.1, -0.05) is 36.4 Å². The highest BCUT2D eigenvalue weighted by atomic mass is 32.1. The van der Waals surface area contributed by atoms with Gasteiger partial charge < -0.3 is 4.90 Å². The number of thiazole rings is 1. The zero-order valence-corrected chi connectivity index (χ0v) is 16.0. The third kappa shape index (κ3) is 4.36. The van der Waals surface area contributed by atoms with E-state index >= 15 is 0 Å². The monoisotopic (exact) mass is 403 g/mol. The molecule has 0 bridgehead atoms. The Balaban J connectivity index is 1.36. The van der Waals surface area contributed by atoms with E-state index < -0.39 is 11.7 Å². The molecule has 0 N–H and O–H groups in total. The zero-order chi connectivity index (χ0) is 19.6. The van der Waals surface area contributed by atoms with Gasteiger partial charge in [0.05, 0.1) is 11.3 Å². The van der Waals surface area contributed by atoms with Gasteiger partial charge in [0.1, 0.15) is 5.01 Å². The van der Waals surface area contributed by atoms with E-state index in [1.165, 1.54) is 12.1 Å². The molecule has 0 radical (unpaired) electrons. The van der Waals surface area contributed by atoms with Crippen molar-refractivity contribution in [3.8, 4) is 10.6 Å². The van der Waals surface area contributed by atoms with E-state index in [1.807, 2.05) is 23.1 Å². The van der Waals surface area contributed by atoms with Crippen molar-refractivity contribution in [3.63, 3.8) is 0 Å². The first-order chi connectivity index (χ1) is 13.5. The van der Waals surface area contributed by atoms with Gasteiger partial charge in [-0.15, -0.1) is 11.3 Å². The zero-order valence-electron chi connectivity index (χ0n) is 15.2. The fourth-order valence-corrected chi connectivity index (χ4v) is 4.18. The molecule has 0 amide bonds. The summed E-state index contributed by atoms with van der Waals surface area (Å²) in [5.74, 6) is 0. The second-order valence-corrected chi connectivity index (χ2v) is 7.68. The second-order valence-electron chi connectivity index (χ2n) is 6.82. The fraction of sp³-hybridized carbons (Fsp3) is 0.286. The molecule has 1 aromatic heterocycles. The summed E-state index contributed by atoms with van der Waals surface area (Å²) in [6.45, 7) is 3.77. The molecule has 0 unspecified atom stereocenters. The number of hydrogen-bond acceptors (Lipinski definition) is 4. The molecule has 4 rings (SSSR count). The number of aromatic nitrogens is 1. The average Bonchev–Trinajstić information content (AvgIpc) is 3.17. The Morgan fingerprint density at radius 1 is 0.929 bits per heavy atom. The molecule has 0 atom stereocenters. The topological polar surface area (TPSA) is 19.4 Å². The first-order valence-corrected chi connectivity index (χ1v) is 10.0. The molecule has 146 valence electrons. The van der Waals surface area contributed by atoms with E-state index in [-0.39, 0.29) is 0 Å². The normalized spacial score (nSPS) is 15.8. The van der Waals surface area contributed by atoms with Gasteiger partial charge in [0.25, 0.3) is 0 Å². The van der Waals surface area contributed by atoms with Gasteiger partial charge in [0.2, 0.25) is 0 Å². The molecular weight excluding hydrogens is 383 g/mol. The summed E-state index contributed by atoms with van der Waals surface area (Å²) in [6, 6.07) is 15.7. The standard InChI is InChI=1S/C21H20F3N3S/c22-21(23,24)17-7-4-8-19(13-17)27-11-9-26(10-12-27)14-18-15-28-20(25-18)16-5-2-1-3-6-16/h1-8,13,15H,9-12,14H2. The maximum absolute atomic E-state index is 12.9. The smallest absolute Gasteiger partial charge is 0.369 e. The van der Waals surface area contributed by atoms with Crippen LogP contribution in [-0.2, 0) is 12.7 Å². The third-order valence-electron chi connectivity index (χ3n) is 4.87. The van der Waals surface area contributed by atoms with Crippen molar-refractivity contribution in [1.82, 2.24) is 9.88 Å². The lowest BCUT2D eigenvalue weighted by Crippen LogP contribution is -2.46.